The molecule has 0 aliphatic carbocycles. The summed E-state index contributed by atoms with van der Waals surface area (Å²) >= 11 is 0. The molecule has 2 bridgehead atoms. The molecule has 2 saturated heterocycles. The van der Waals surface area contributed by atoms with Gasteiger partial charge in [-0.1, -0.05) is 6.07 Å². The number of nitrogens with one attached hydrogen (secondary N) is 1. The minimum absolute atomic E-state index is 0.442. The second-order valence-corrected chi connectivity index (χ2v) is 5.35. The lowest BCUT2D eigenvalue weighted by molar-refractivity contribution is 0.196. The highest BCUT2D eigenvalue weighted by Gasteiger charge is 2.31. The van der Waals surface area contributed by atoms with Crippen LogP contribution in [0.3, 0.4) is 0 Å². The number of aromatic nitrogens is 1. The van der Waals surface area contributed by atoms with Gasteiger partial charge in [0.15, 0.2) is 0 Å². The Morgan fingerprint density at radius 2 is 2.18 bits per heavy atom. The minimum Gasteiger partial charge on any atom is -0.310 e. The lowest BCUT2D eigenvalue weighted by Crippen LogP contribution is -2.36. The van der Waals surface area contributed by atoms with Crippen LogP contribution in [0.2, 0.25) is 0 Å². The predicted molar refractivity (Wildman–Crippen MR) is 68.8 cm³/mol. The Hall–Kier alpha value is -0.930. The molecule has 2 aliphatic rings. The fraction of sp³-hybridized carbons (Fsp3) is 0.643. The van der Waals surface area contributed by atoms with Crippen LogP contribution in [0.5, 0.6) is 0 Å². The van der Waals surface area contributed by atoms with E-state index in [9.17, 15) is 0 Å². The fourth-order valence-electron chi connectivity index (χ4n) is 3.13. The molecule has 0 spiro atoms. The maximum absolute atomic E-state index is 4.48. The van der Waals surface area contributed by atoms with Crippen molar-refractivity contribution in [2.24, 2.45) is 0 Å². The Bertz CT molecular complexity index is 365. The van der Waals surface area contributed by atoms with Crippen LogP contribution in [0.15, 0.2) is 24.4 Å². The van der Waals surface area contributed by atoms with Crippen LogP contribution in [0, 0.1) is 0 Å². The molecule has 0 amide bonds. The first-order valence-electron chi connectivity index (χ1n) is 6.74. The fourth-order valence-corrected chi connectivity index (χ4v) is 3.13. The quantitative estimate of drug-likeness (QED) is 0.843. The van der Waals surface area contributed by atoms with E-state index in [2.05, 4.69) is 34.3 Å². The molecule has 3 unspecified atom stereocenters. The van der Waals surface area contributed by atoms with E-state index >= 15 is 0 Å². The van der Waals surface area contributed by atoms with Crippen molar-refractivity contribution in [3.8, 4) is 0 Å². The molecule has 17 heavy (non-hydrogen) atoms. The molecule has 1 N–H and O–H groups in total. The third-order valence-electron chi connectivity index (χ3n) is 4.22. The zero-order valence-electron chi connectivity index (χ0n) is 10.5. The van der Waals surface area contributed by atoms with E-state index in [1.54, 1.807) is 0 Å². The van der Waals surface area contributed by atoms with Crippen molar-refractivity contribution in [2.45, 2.75) is 44.3 Å². The summed E-state index contributed by atoms with van der Waals surface area (Å²) in [4.78, 5) is 7.07. The van der Waals surface area contributed by atoms with E-state index in [1.165, 1.54) is 38.0 Å². The van der Waals surface area contributed by atoms with Crippen molar-refractivity contribution in [1.82, 2.24) is 15.2 Å². The van der Waals surface area contributed by atoms with Gasteiger partial charge in [0.05, 0.1) is 5.69 Å². The molecule has 3 nitrogen and oxygen atoms in total. The molecule has 3 rings (SSSR count). The maximum atomic E-state index is 4.48. The molecular formula is C14H21N3. The number of hydrogen-bond acceptors (Lipinski definition) is 3. The van der Waals surface area contributed by atoms with Crippen molar-refractivity contribution in [3.63, 3.8) is 0 Å². The summed E-state index contributed by atoms with van der Waals surface area (Å²) in [5.41, 5.74) is 1.20. The van der Waals surface area contributed by atoms with E-state index in [0.717, 1.165) is 6.04 Å². The number of rotatable bonds is 2. The summed E-state index contributed by atoms with van der Waals surface area (Å²) in [5, 5.41) is 3.73. The second-order valence-electron chi connectivity index (χ2n) is 5.35. The van der Waals surface area contributed by atoms with E-state index in [0.29, 0.717) is 12.1 Å². The summed E-state index contributed by atoms with van der Waals surface area (Å²) in [6.07, 6.45) is 5.90. The van der Waals surface area contributed by atoms with Gasteiger partial charge in [0.2, 0.25) is 0 Å². The van der Waals surface area contributed by atoms with E-state index in [4.69, 9.17) is 0 Å². The molecule has 0 saturated carbocycles. The zero-order chi connectivity index (χ0) is 11.7. The van der Waals surface area contributed by atoms with Crippen LogP contribution in [0.1, 0.15) is 37.9 Å². The third-order valence-corrected chi connectivity index (χ3v) is 4.22. The molecule has 1 aromatic heterocycles. The molecule has 0 aromatic carbocycles. The molecule has 3 heteroatoms. The molecule has 3 heterocycles. The van der Waals surface area contributed by atoms with Gasteiger partial charge >= 0.3 is 0 Å². The molecule has 2 fully saturated rings. The topological polar surface area (TPSA) is 28.2 Å². The van der Waals surface area contributed by atoms with Crippen molar-refractivity contribution >= 4 is 0 Å². The molecule has 92 valence electrons. The molecular weight excluding hydrogens is 210 g/mol. The van der Waals surface area contributed by atoms with Crippen LogP contribution in [0.25, 0.3) is 0 Å². The Morgan fingerprint density at radius 1 is 1.29 bits per heavy atom. The number of hydrogen-bond donors (Lipinski definition) is 1. The average molecular weight is 231 g/mol. The number of nitrogens with zero attached hydrogens (tertiary/aromatic N) is 2. The Morgan fingerprint density at radius 3 is 3.00 bits per heavy atom. The van der Waals surface area contributed by atoms with E-state index in [1.807, 2.05) is 12.3 Å². The van der Waals surface area contributed by atoms with Crippen LogP contribution < -0.4 is 5.32 Å². The summed E-state index contributed by atoms with van der Waals surface area (Å²) < 4.78 is 0. The van der Waals surface area contributed by atoms with Crippen molar-refractivity contribution in [3.05, 3.63) is 30.1 Å². The first kappa shape index (κ1) is 11.2. The highest BCUT2D eigenvalue weighted by Crippen LogP contribution is 2.26. The largest absolute Gasteiger partial charge is 0.310 e. The first-order chi connectivity index (χ1) is 8.33. The lowest BCUT2D eigenvalue weighted by Gasteiger charge is -2.29. The number of likely N-dealkylation sites (tertiary alicyclic amines) is 1. The maximum Gasteiger partial charge on any atom is 0.0572 e. The van der Waals surface area contributed by atoms with Gasteiger partial charge < -0.3 is 5.32 Å². The smallest absolute Gasteiger partial charge is 0.0572 e. The summed E-state index contributed by atoms with van der Waals surface area (Å²) in [5.74, 6) is 0. The van der Waals surface area contributed by atoms with Gasteiger partial charge in [0.25, 0.3) is 0 Å². The summed E-state index contributed by atoms with van der Waals surface area (Å²) in [6.45, 7) is 4.65. The van der Waals surface area contributed by atoms with Crippen molar-refractivity contribution in [1.29, 1.82) is 0 Å². The molecule has 1 aromatic rings. The second kappa shape index (κ2) is 4.75. The molecule has 3 atom stereocenters. The van der Waals surface area contributed by atoms with E-state index < -0.39 is 0 Å². The van der Waals surface area contributed by atoms with Gasteiger partial charge in [-0.05, 0) is 38.3 Å². The SMILES string of the molecule is CC(c1ccccn1)N1CCC2CCC(C1)N2. The number of fused-ring (bicyclic) bond motifs is 2. The third kappa shape index (κ3) is 2.35. The van der Waals surface area contributed by atoms with Gasteiger partial charge in [0, 0.05) is 37.4 Å². The van der Waals surface area contributed by atoms with Crippen LogP contribution >= 0.6 is 0 Å². The van der Waals surface area contributed by atoms with Gasteiger partial charge in [-0.3, -0.25) is 9.88 Å². The Balaban J connectivity index is 1.72. The van der Waals surface area contributed by atoms with Crippen LogP contribution in [0.4, 0.5) is 0 Å². The zero-order valence-corrected chi connectivity index (χ0v) is 10.5. The molecule has 0 radical (unpaired) electrons. The average Bonchev–Trinajstić information content (AvgIpc) is 2.69. The number of pyridine rings is 1. The predicted octanol–water partition coefficient (Wildman–Crippen LogP) is 1.97. The summed E-state index contributed by atoms with van der Waals surface area (Å²) in [7, 11) is 0. The first-order valence-corrected chi connectivity index (χ1v) is 6.74. The monoisotopic (exact) mass is 231 g/mol. The highest BCUT2D eigenvalue weighted by molar-refractivity contribution is 5.08. The highest BCUT2D eigenvalue weighted by atomic mass is 15.2. The van der Waals surface area contributed by atoms with Gasteiger partial charge in [-0.2, -0.15) is 0 Å². The van der Waals surface area contributed by atoms with Crippen molar-refractivity contribution in [2.75, 3.05) is 13.1 Å². The van der Waals surface area contributed by atoms with Gasteiger partial charge in [-0.25, -0.2) is 0 Å². The Kier molecular flexibility index (Phi) is 3.12. The molecule has 2 aliphatic heterocycles. The normalized spacial score (nSPS) is 31.1. The standard InChI is InChI=1S/C14H21N3/c1-11(14-4-2-3-8-15-14)17-9-7-12-5-6-13(10-17)16-12/h2-4,8,11-13,16H,5-7,9-10H2,1H3. The van der Waals surface area contributed by atoms with Crippen molar-refractivity contribution < 1.29 is 0 Å². The lowest BCUT2D eigenvalue weighted by atomic mass is 10.1. The van der Waals surface area contributed by atoms with E-state index in [-0.39, 0.29) is 0 Å². The minimum atomic E-state index is 0.442. The van der Waals surface area contributed by atoms with Crippen LogP contribution in [-0.4, -0.2) is 35.1 Å². The summed E-state index contributed by atoms with van der Waals surface area (Å²) in [6, 6.07) is 8.12. The van der Waals surface area contributed by atoms with Gasteiger partial charge in [-0.15, -0.1) is 0 Å². The van der Waals surface area contributed by atoms with Gasteiger partial charge in [0.1, 0.15) is 0 Å². The Labute approximate surface area is 103 Å². The van der Waals surface area contributed by atoms with Crippen LogP contribution in [-0.2, 0) is 0 Å².